The molecule has 0 heterocycles. The Hall–Kier alpha value is -0.830. The third kappa shape index (κ3) is 3.97. The average molecular weight is 285 g/mol. The number of hydrogen-bond donors (Lipinski definition) is 0. The highest BCUT2D eigenvalue weighted by Crippen LogP contribution is 2.17. The SMILES string of the molecule is CC(C)(C)C(=O)COc1ccc(CBr)cc1. The van der Waals surface area contributed by atoms with Gasteiger partial charge in [-0.05, 0) is 17.7 Å². The van der Waals surface area contributed by atoms with Gasteiger partial charge in [0.25, 0.3) is 0 Å². The van der Waals surface area contributed by atoms with Crippen LogP contribution in [0.1, 0.15) is 26.3 Å². The first-order valence-electron chi connectivity index (χ1n) is 5.24. The number of ether oxygens (including phenoxy) is 1. The highest BCUT2D eigenvalue weighted by Gasteiger charge is 2.21. The molecule has 3 heteroatoms. The minimum absolute atomic E-state index is 0.108. The van der Waals surface area contributed by atoms with E-state index in [-0.39, 0.29) is 17.8 Å². The zero-order valence-electron chi connectivity index (χ0n) is 9.92. The van der Waals surface area contributed by atoms with E-state index in [0.717, 1.165) is 11.1 Å². The molecule has 0 aliphatic heterocycles. The van der Waals surface area contributed by atoms with Crippen LogP contribution in [-0.4, -0.2) is 12.4 Å². The molecule has 2 nitrogen and oxygen atoms in total. The fraction of sp³-hybridized carbons (Fsp3) is 0.462. The predicted octanol–water partition coefficient (Wildman–Crippen LogP) is 3.58. The summed E-state index contributed by atoms with van der Waals surface area (Å²) < 4.78 is 5.43. The minimum Gasteiger partial charge on any atom is -0.486 e. The van der Waals surface area contributed by atoms with Crippen molar-refractivity contribution in [1.82, 2.24) is 0 Å². The number of benzene rings is 1. The Morgan fingerprint density at radius 3 is 2.25 bits per heavy atom. The first-order chi connectivity index (χ1) is 7.43. The van der Waals surface area contributed by atoms with Crippen molar-refractivity contribution >= 4 is 21.7 Å². The van der Waals surface area contributed by atoms with E-state index in [1.807, 2.05) is 45.0 Å². The molecule has 0 saturated heterocycles. The maximum atomic E-state index is 11.6. The molecule has 88 valence electrons. The summed E-state index contributed by atoms with van der Waals surface area (Å²) in [5, 5.41) is 0.828. The quantitative estimate of drug-likeness (QED) is 0.790. The van der Waals surface area contributed by atoms with Crippen molar-refractivity contribution in [3.63, 3.8) is 0 Å². The number of halogens is 1. The van der Waals surface area contributed by atoms with Gasteiger partial charge in [-0.1, -0.05) is 48.8 Å². The molecule has 0 bridgehead atoms. The zero-order chi connectivity index (χ0) is 12.2. The van der Waals surface area contributed by atoms with E-state index in [2.05, 4.69) is 15.9 Å². The second-order valence-electron chi connectivity index (χ2n) is 4.74. The Bertz CT molecular complexity index is 349. The van der Waals surface area contributed by atoms with Gasteiger partial charge in [-0.2, -0.15) is 0 Å². The normalized spacial score (nSPS) is 11.2. The van der Waals surface area contributed by atoms with Gasteiger partial charge in [0.1, 0.15) is 12.4 Å². The Morgan fingerprint density at radius 2 is 1.81 bits per heavy atom. The first-order valence-corrected chi connectivity index (χ1v) is 6.36. The van der Waals surface area contributed by atoms with Gasteiger partial charge in [0.2, 0.25) is 0 Å². The van der Waals surface area contributed by atoms with E-state index in [1.165, 1.54) is 5.56 Å². The summed E-state index contributed by atoms with van der Waals surface area (Å²) in [4.78, 5) is 11.6. The number of ketones is 1. The van der Waals surface area contributed by atoms with E-state index in [0.29, 0.717) is 0 Å². The van der Waals surface area contributed by atoms with Crippen LogP contribution >= 0.6 is 15.9 Å². The van der Waals surface area contributed by atoms with Crippen molar-refractivity contribution in [2.24, 2.45) is 5.41 Å². The van der Waals surface area contributed by atoms with Gasteiger partial charge >= 0.3 is 0 Å². The molecule has 16 heavy (non-hydrogen) atoms. The Labute approximate surface area is 105 Å². The maximum Gasteiger partial charge on any atom is 0.175 e. The number of alkyl halides is 1. The van der Waals surface area contributed by atoms with E-state index in [9.17, 15) is 4.79 Å². The minimum atomic E-state index is -0.338. The fourth-order valence-corrected chi connectivity index (χ4v) is 1.41. The number of rotatable bonds is 4. The number of Topliss-reactive ketones (excluding diaryl/α,β-unsaturated/α-hetero) is 1. The molecule has 0 aliphatic carbocycles. The van der Waals surface area contributed by atoms with Gasteiger partial charge in [0.15, 0.2) is 5.78 Å². The second-order valence-corrected chi connectivity index (χ2v) is 5.30. The van der Waals surface area contributed by atoms with Crippen LogP contribution in [0.5, 0.6) is 5.75 Å². The lowest BCUT2D eigenvalue weighted by Crippen LogP contribution is -2.26. The molecule has 0 amide bonds. The van der Waals surface area contributed by atoms with Crippen LogP contribution in [0.2, 0.25) is 0 Å². The van der Waals surface area contributed by atoms with E-state index in [4.69, 9.17) is 4.74 Å². The number of carbonyl (C=O) groups is 1. The molecule has 0 aliphatic rings. The van der Waals surface area contributed by atoms with Crippen molar-refractivity contribution in [3.05, 3.63) is 29.8 Å². The molecule has 1 aromatic rings. The molecule has 0 saturated carbocycles. The molecule has 1 aromatic carbocycles. The van der Waals surface area contributed by atoms with E-state index >= 15 is 0 Å². The average Bonchev–Trinajstić information content (AvgIpc) is 2.25. The van der Waals surface area contributed by atoms with Crippen molar-refractivity contribution in [2.45, 2.75) is 26.1 Å². The van der Waals surface area contributed by atoms with Gasteiger partial charge in [0, 0.05) is 10.7 Å². The molecule has 0 N–H and O–H groups in total. The molecule has 0 aromatic heterocycles. The lowest BCUT2D eigenvalue weighted by atomic mass is 9.91. The topological polar surface area (TPSA) is 26.3 Å². The van der Waals surface area contributed by atoms with Crippen LogP contribution in [0.3, 0.4) is 0 Å². The van der Waals surface area contributed by atoms with Crippen LogP contribution in [0.4, 0.5) is 0 Å². The summed E-state index contributed by atoms with van der Waals surface area (Å²) in [6, 6.07) is 7.72. The second kappa shape index (κ2) is 5.48. The number of hydrogen-bond acceptors (Lipinski definition) is 2. The van der Waals surface area contributed by atoms with Crippen molar-refractivity contribution in [3.8, 4) is 5.75 Å². The van der Waals surface area contributed by atoms with Crippen molar-refractivity contribution in [1.29, 1.82) is 0 Å². The zero-order valence-corrected chi connectivity index (χ0v) is 11.5. The first kappa shape index (κ1) is 13.2. The highest BCUT2D eigenvalue weighted by atomic mass is 79.9. The standard InChI is InChI=1S/C13H17BrO2/c1-13(2,3)12(15)9-16-11-6-4-10(8-14)5-7-11/h4-7H,8-9H2,1-3H3. The summed E-state index contributed by atoms with van der Waals surface area (Å²) in [7, 11) is 0. The van der Waals surface area contributed by atoms with Gasteiger partial charge in [-0.3, -0.25) is 4.79 Å². The van der Waals surface area contributed by atoms with Crippen LogP contribution in [-0.2, 0) is 10.1 Å². The molecule has 0 unspecified atom stereocenters. The van der Waals surface area contributed by atoms with Gasteiger partial charge < -0.3 is 4.74 Å². The van der Waals surface area contributed by atoms with Crippen LogP contribution in [0, 0.1) is 5.41 Å². The summed E-state index contributed by atoms with van der Waals surface area (Å²) in [6.07, 6.45) is 0. The van der Waals surface area contributed by atoms with Crippen LogP contribution in [0.25, 0.3) is 0 Å². The summed E-state index contributed by atoms with van der Waals surface area (Å²) >= 11 is 3.38. The monoisotopic (exact) mass is 284 g/mol. The molecular weight excluding hydrogens is 268 g/mol. The van der Waals surface area contributed by atoms with Crippen molar-refractivity contribution in [2.75, 3.05) is 6.61 Å². The van der Waals surface area contributed by atoms with E-state index < -0.39 is 0 Å². The molecule has 0 radical (unpaired) electrons. The van der Waals surface area contributed by atoms with Crippen LogP contribution in [0.15, 0.2) is 24.3 Å². The van der Waals surface area contributed by atoms with Crippen molar-refractivity contribution < 1.29 is 9.53 Å². The Kier molecular flexibility index (Phi) is 4.54. The highest BCUT2D eigenvalue weighted by molar-refractivity contribution is 9.08. The molecule has 0 spiro atoms. The summed E-state index contributed by atoms with van der Waals surface area (Å²) in [5.41, 5.74) is 0.852. The number of carbonyl (C=O) groups excluding carboxylic acids is 1. The Balaban J connectivity index is 2.52. The summed E-state index contributed by atoms with van der Waals surface area (Å²) in [5.74, 6) is 0.847. The van der Waals surface area contributed by atoms with Gasteiger partial charge in [0.05, 0.1) is 0 Å². The fourth-order valence-electron chi connectivity index (χ4n) is 1.04. The van der Waals surface area contributed by atoms with Gasteiger partial charge in [-0.25, -0.2) is 0 Å². The smallest absolute Gasteiger partial charge is 0.175 e. The largest absolute Gasteiger partial charge is 0.486 e. The lowest BCUT2D eigenvalue weighted by Gasteiger charge is -2.16. The molecular formula is C13H17BrO2. The van der Waals surface area contributed by atoms with Gasteiger partial charge in [-0.15, -0.1) is 0 Å². The molecule has 1 rings (SSSR count). The molecule has 0 fully saturated rings. The predicted molar refractivity (Wildman–Crippen MR) is 69.0 cm³/mol. The van der Waals surface area contributed by atoms with Crippen LogP contribution < -0.4 is 4.74 Å². The van der Waals surface area contributed by atoms with E-state index in [1.54, 1.807) is 0 Å². The lowest BCUT2D eigenvalue weighted by molar-refractivity contribution is -0.128. The molecule has 0 atom stereocenters. The maximum absolute atomic E-state index is 11.6. The summed E-state index contributed by atoms with van der Waals surface area (Å²) in [6.45, 7) is 5.82. The Morgan fingerprint density at radius 1 is 1.25 bits per heavy atom. The third-order valence-electron chi connectivity index (χ3n) is 2.28. The third-order valence-corrected chi connectivity index (χ3v) is 2.93.